The van der Waals surface area contributed by atoms with E-state index in [9.17, 15) is 13.6 Å². The Labute approximate surface area is 108 Å². The lowest BCUT2D eigenvalue weighted by Crippen LogP contribution is -2.04. The number of carbonyl (C=O) groups is 1. The fraction of sp³-hybridized carbons (Fsp3) is 0.0714. The Morgan fingerprint density at radius 2 is 1.84 bits per heavy atom. The van der Waals surface area contributed by atoms with E-state index in [0.29, 0.717) is 16.8 Å². The molecule has 0 radical (unpaired) electrons. The van der Waals surface area contributed by atoms with Crippen LogP contribution in [-0.4, -0.2) is 13.1 Å². The molecule has 0 aromatic heterocycles. The van der Waals surface area contributed by atoms with Gasteiger partial charge in [0.2, 0.25) is 0 Å². The van der Waals surface area contributed by atoms with E-state index in [2.05, 4.69) is 4.74 Å². The summed E-state index contributed by atoms with van der Waals surface area (Å²) >= 11 is 0. The Balaban J connectivity index is 2.62. The highest BCUT2D eigenvalue weighted by Crippen LogP contribution is 2.27. The van der Waals surface area contributed by atoms with E-state index in [1.54, 1.807) is 0 Å². The van der Waals surface area contributed by atoms with Crippen LogP contribution in [0.1, 0.15) is 10.4 Å². The van der Waals surface area contributed by atoms with Gasteiger partial charge < -0.3 is 10.5 Å². The molecule has 0 aliphatic rings. The van der Waals surface area contributed by atoms with Crippen molar-refractivity contribution in [1.29, 1.82) is 0 Å². The molecule has 0 saturated carbocycles. The number of nitrogens with two attached hydrogens (primary N) is 1. The van der Waals surface area contributed by atoms with Crippen molar-refractivity contribution in [2.45, 2.75) is 0 Å². The maximum absolute atomic E-state index is 13.3. The molecule has 0 heterocycles. The summed E-state index contributed by atoms with van der Waals surface area (Å²) < 4.78 is 30.8. The van der Waals surface area contributed by atoms with Crippen molar-refractivity contribution in [3.63, 3.8) is 0 Å². The summed E-state index contributed by atoms with van der Waals surface area (Å²) in [5, 5.41) is 0. The SMILES string of the molecule is COC(=O)c1ccc(N)cc1-c1ccc(F)c(F)c1. The molecule has 0 aliphatic carbocycles. The Morgan fingerprint density at radius 3 is 2.47 bits per heavy atom. The molecule has 19 heavy (non-hydrogen) atoms. The molecule has 2 aromatic rings. The van der Waals surface area contributed by atoms with Gasteiger partial charge in [-0.25, -0.2) is 13.6 Å². The average molecular weight is 263 g/mol. The molecule has 0 unspecified atom stereocenters. The van der Waals surface area contributed by atoms with E-state index in [0.717, 1.165) is 12.1 Å². The fourth-order valence-electron chi connectivity index (χ4n) is 1.75. The smallest absolute Gasteiger partial charge is 0.338 e. The molecular weight excluding hydrogens is 252 g/mol. The van der Waals surface area contributed by atoms with E-state index in [4.69, 9.17) is 5.73 Å². The summed E-state index contributed by atoms with van der Waals surface area (Å²) in [6.45, 7) is 0. The Hall–Kier alpha value is -2.43. The molecule has 0 aliphatic heterocycles. The van der Waals surface area contributed by atoms with Crippen LogP contribution in [0.4, 0.5) is 14.5 Å². The second kappa shape index (κ2) is 5.06. The standard InChI is InChI=1S/C14H11F2NO2/c1-19-14(18)10-4-3-9(17)7-11(10)8-2-5-12(15)13(16)6-8/h2-7H,17H2,1H3. The van der Waals surface area contributed by atoms with Gasteiger partial charge >= 0.3 is 5.97 Å². The molecule has 2 N–H and O–H groups in total. The van der Waals surface area contributed by atoms with Crippen molar-refractivity contribution >= 4 is 11.7 Å². The van der Waals surface area contributed by atoms with Crippen LogP contribution in [-0.2, 0) is 4.74 Å². The summed E-state index contributed by atoms with van der Waals surface area (Å²) in [5.41, 5.74) is 7.05. The minimum Gasteiger partial charge on any atom is -0.465 e. The van der Waals surface area contributed by atoms with Crippen LogP contribution >= 0.6 is 0 Å². The van der Waals surface area contributed by atoms with Gasteiger partial charge in [-0.1, -0.05) is 6.07 Å². The molecule has 0 atom stereocenters. The highest BCUT2D eigenvalue weighted by molar-refractivity contribution is 5.98. The third kappa shape index (κ3) is 2.54. The van der Waals surface area contributed by atoms with Gasteiger partial charge in [-0.3, -0.25) is 0 Å². The number of nitrogen functional groups attached to an aromatic ring is 1. The number of esters is 1. The minimum absolute atomic E-state index is 0.239. The maximum Gasteiger partial charge on any atom is 0.338 e. The monoisotopic (exact) mass is 263 g/mol. The van der Waals surface area contributed by atoms with Gasteiger partial charge in [-0.15, -0.1) is 0 Å². The summed E-state index contributed by atoms with van der Waals surface area (Å²) in [5.74, 6) is -2.51. The van der Waals surface area contributed by atoms with Gasteiger partial charge in [0, 0.05) is 5.69 Å². The van der Waals surface area contributed by atoms with Crippen molar-refractivity contribution in [2.75, 3.05) is 12.8 Å². The predicted molar refractivity (Wildman–Crippen MR) is 67.5 cm³/mol. The van der Waals surface area contributed by atoms with Crippen LogP contribution in [0.5, 0.6) is 0 Å². The first-order valence-electron chi connectivity index (χ1n) is 5.46. The number of methoxy groups -OCH3 is 1. The highest BCUT2D eigenvalue weighted by atomic mass is 19.2. The topological polar surface area (TPSA) is 52.3 Å². The molecular formula is C14H11F2NO2. The number of rotatable bonds is 2. The molecule has 98 valence electrons. The van der Waals surface area contributed by atoms with Gasteiger partial charge in [-0.05, 0) is 41.5 Å². The minimum atomic E-state index is -0.990. The lowest BCUT2D eigenvalue weighted by molar-refractivity contribution is 0.0601. The maximum atomic E-state index is 13.3. The molecule has 0 amide bonds. The summed E-state index contributed by atoms with van der Waals surface area (Å²) in [6, 6.07) is 7.91. The van der Waals surface area contributed by atoms with E-state index in [-0.39, 0.29) is 5.56 Å². The molecule has 3 nitrogen and oxygen atoms in total. The number of halogens is 2. The Morgan fingerprint density at radius 1 is 1.11 bits per heavy atom. The molecule has 0 spiro atoms. The van der Waals surface area contributed by atoms with E-state index in [1.165, 1.54) is 31.4 Å². The number of hydrogen-bond acceptors (Lipinski definition) is 3. The number of carbonyl (C=O) groups excluding carboxylic acids is 1. The third-order valence-corrected chi connectivity index (χ3v) is 2.68. The van der Waals surface area contributed by atoms with Crippen LogP contribution in [0.2, 0.25) is 0 Å². The van der Waals surface area contributed by atoms with Gasteiger partial charge in [0.1, 0.15) is 0 Å². The second-order valence-corrected chi connectivity index (χ2v) is 3.93. The molecule has 5 heteroatoms. The van der Waals surface area contributed by atoms with Gasteiger partial charge in [0.15, 0.2) is 11.6 Å². The lowest BCUT2D eigenvalue weighted by atomic mass is 9.99. The first kappa shape index (κ1) is 13.0. The van der Waals surface area contributed by atoms with Crippen LogP contribution in [0.3, 0.4) is 0 Å². The van der Waals surface area contributed by atoms with Crippen molar-refractivity contribution in [3.05, 3.63) is 53.6 Å². The zero-order valence-corrected chi connectivity index (χ0v) is 10.1. The Bertz CT molecular complexity index is 641. The number of hydrogen-bond donors (Lipinski definition) is 1. The Kier molecular flexibility index (Phi) is 3.46. The van der Waals surface area contributed by atoms with Crippen LogP contribution in [0.15, 0.2) is 36.4 Å². The number of ether oxygens (including phenoxy) is 1. The lowest BCUT2D eigenvalue weighted by Gasteiger charge is -2.09. The summed E-state index contributed by atoms with van der Waals surface area (Å²) in [4.78, 5) is 11.6. The van der Waals surface area contributed by atoms with Crippen LogP contribution < -0.4 is 5.73 Å². The fourth-order valence-corrected chi connectivity index (χ4v) is 1.75. The van der Waals surface area contributed by atoms with Crippen LogP contribution in [0.25, 0.3) is 11.1 Å². The highest BCUT2D eigenvalue weighted by Gasteiger charge is 2.15. The molecule has 2 rings (SSSR count). The van der Waals surface area contributed by atoms with Crippen molar-refractivity contribution in [3.8, 4) is 11.1 Å². The first-order chi connectivity index (χ1) is 9.02. The zero-order valence-electron chi connectivity index (χ0n) is 10.1. The molecule has 0 bridgehead atoms. The van der Waals surface area contributed by atoms with Crippen molar-refractivity contribution in [2.24, 2.45) is 0 Å². The van der Waals surface area contributed by atoms with Gasteiger partial charge in [-0.2, -0.15) is 0 Å². The second-order valence-electron chi connectivity index (χ2n) is 3.93. The largest absolute Gasteiger partial charge is 0.465 e. The molecule has 2 aromatic carbocycles. The van der Waals surface area contributed by atoms with E-state index >= 15 is 0 Å². The van der Waals surface area contributed by atoms with Gasteiger partial charge in [0.25, 0.3) is 0 Å². The number of anilines is 1. The zero-order chi connectivity index (χ0) is 14.0. The normalized spacial score (nSPS) is 10.3. The average Bonchev–Trinajstić information content (AvgIpc) is 2.41. The quantitative estimate of drug-likeness (QED) is 0.669. The summed E-state index contributed by atoms with van der Waals surface area (Å²) in [6.07, 6.45) is 0. The summed E-state index contributed by atoms with van der Waals surface area (Å²) in [7, 11) is 1.24. The van der Waals surface area contributed by atoms with Crippen LogP contribution in [0, 0.1) is 11.6 Å². The van der Waals surface area contributed by atoms with E-state index < -0.39 is 17.6 Å². The first-order valence-corrected chi connectivity index (χ1v) is 5.46. The third-order valence-electron chi connectivity index (χ3n) is 2.68. The van der Waals surface area contributed by atoms with Crippen molar-refractivity contribution in [1.82, 2.24) is 0 Å². The predicted octanol–water partition coefficient (Wildman–Crippen LogP) is 3.00. The van der Waals surface area contributed by atoms with Gasteiger partial charge in [0.05, 0.1) is 12.7 Å². The molecule has 0 fully saturated rings. The number of benzene rings is 2. The van der Waals surface area contributed by atoms with E-state index in [1.807, 2.05) is 0 Å². The molecule has 0 saturated heterocycles. The van der Waals surface area contributed by atoms with Crippen molar-refractivity contribution < 1.29 is 18.3 Å².